The normalized spacial score (nSPS) is 11.7. The third-order valence-corrected chi connectivity index (χ3v) is 2.54. The first-order chi connectivity index (χ1) is 9.02. The van der Waals surface area contributed by atoms with Crippen LogP contribution in [0.2, 0.25) is 0 Å². The third kappa shape index (κ3) is 4.97. The van der Waals surface area contributed by atoms with Crippen LogP contribution in [0.15, 0.2) is 30.3 Å². The number of hydrogen-bond acceptors (Lipinski definition) is 3. The Bertz CT molecular complexity index is 420. The number of amides is 2. The molecule has 0 fully saturated rings. The van der Waals surface area contributed by atoms with Crippen molar-refractivity contribution in [1.29, 1.82) is 0 Å². The quantitative estimate of drug-likeness (QED) is 0.660. The highest BCUT2D eigenvalue weighted by atomic mass is 16.4. The first-order valence-electron chi connectivity index (χ1n) is 5.98. The van der Waals surface area contributed by atoms with Gasteiger partial charge >= 0.3 is 12.0 Å². The number of aliphatic carboxylic acids is 1. The first-order valence-corrected chi connectivity index (χ1v) is 5.98. The number of nitrogens with zero attached hydrogens (tertiary/aromatic N) is 1. The Hall–Kier alpha value is -2.08. The van der Waals surface area contributed by atoms with Crippen LogP contribution in [-0.4, -0.2) is 49.2 Å². The molecule has 19 heavy (non-hydrogen) atoms. The third-order valence-electron chi connectivity index (χ3n) is 2.54. The molecule has 6 heteroatoms. The van der Waals surface area contributed by atoms with Crippen molar-refractivity contribution in [3.8, 4) is 0 Å². The molecule has 0 bridgehead atoms. The molecule has 0 aliphatic heterocycles. The Morgan fingerprint density at radius 2 is 1.84 bits per heavy atom. The van der Waals surface area contributed by atoms with Crippen LogP contribution in [0.4, 0.5) is 4.79 Å². The van der Waals surface area contributed by atoms with Gasteiger partial charge in [-0.3, -0.25) is 10.1 Å². The number of carboxylic acid groups (broad SMARTS) is 1. The lowest BCUT2D eigenvalue weighted by Crippen LogP contribution is -2.40. The van der Waals surface area contributed by atoms with Crippen LogP contribution in [0.1, 0.15) is 11.6 Å². The molecule has 0 saturated carbocycles. The minimum atomic E-state index is -0.940. The van der Waals surface area contributed by atoms with Crippen molar-refractivity contribution in [3.05, 3.63) is 35.9 Å². The number of hydrogen-bond donors (Lipinski definition) is 3. The number of carbonyl (C=O) groups excluding carboxylic acids is 1. The number of urea groups is 1. The van der Waals surface area contributed by atoms with Gasteiger partial charge in [-0.15, -0.1) is 0 Å². The van der Waals surface area contributed by atoms with Gasteiger partial charge in [-0.2, -0.15) is 0 Å². The molecule has 3 N–H and O–H groups in total. The fourth-order valence-electron chi connectivity index (χ4n) is 1.54. The van der Waals surface area contributed by atoms with Crippen LogP contribution in [0.5, 0.6) is 0 Å². The topological polar surface area (TPSA) is 81.7 Å². The highest BCUT2D eigenvalue weighted by Gasteiger charge is 2.18. The molecule has 0 spiro atoms. The highest BCUT2D eigenvalue weighted by Crippen LogP contribution is 2.11. The van der Waals surface area contributed by atoms with E-state index in [1.165, 1.54) is 4.90 Å². The van der Waals surface area contributed by atoms with E-state index in [0.29, 0.717) is 18.7 Å². The van der Waals surface area contributed by atoms with Crippen molar-refractivity contribution in [2.75, 3.05) is 27.2 Å². The summed E-state index contributed by atoms with van der Waals surface area (Å²) >= 11 is 0. The Morgan fingerprint density at radius 1 is 1.21 bits per heavy atom. The summed E-state index contributed by atoms with van der Waals surface area (Å²) in [4.78, 5) is 23.9. The number of benzene rings is 1. The van der Waals surface area contributed by atoms with Gasteiger partial charge in [-0.05, 0) is 5.56 Å². The van der Waals surface area contributed by atoms with Gasteiger partial charge in [-0.1, -0.05) is 30.3 Å². The van der Waals surface area contributed by atoms with Gasteiger partial charge in [0.05, 0.1) is 0 Å². The van der Waals surface area contributed by atoms with Gasteiger partial charge in [0, 0.05) is 27.2 Å². The minimum Gasteiger partial charge on any atom is -0.480 e. The van der Waals surface area contributed by atoms with Crippen molar-refractivity contribution in [1.82, 2.24) is 15.5 Å². The second-order valence-corrected chi connectivity index (χ2v) is 4.26. The van der Waals surface area contributed by atoms with E-state index in [0.717, 1.165) is 0 Å². The summed E-state index contributed by atoms with van der Waals surface area (Å²) in [6, 6.07) is 7.96. The Kier molecular flexibility index (Phi) is 5.81. The van der Waals surface area contributed by atoms with Crippen molar-refractivity contribution < 1.29 is 14.7 Å². The molecule has 0 radical (unpaired) electrons. The fourth-order valence-corrected chi connectivity index (χ4v) is 1.54. The summed E-state index contributed by atoms with van der Waals surface area (Å²) in [5, 5.41) is 14.7. The van der Waals surface area contributed by atoms with Crippen LogP contribution >= 0.6 is 0 Å². The predicted octanol–water partition coefficient (Wildman–Crippen LogP) is 0.673. The molecule has 104 valence electrons. The summed E-state index contributed by atoms with van der Waals surface area (Å²) in [6.07, 6.45) is 0. The second kappa shape index (κ2) is 7.38. The summed E-state index contributed by atoms with van der Waals surface area (Å²) < 4.78 is 0. The smallest absolute Gasteiger partial charge is 0.325 e. The molecule has 1 aromatic carbocycles. The van der Waals surface area contributed by atoms with Crippen LogP contribution < -0.4 is 10.6 Å². The van der Waals surface area contributed by atoms with Gasteiger partial charge in [0.1, 0.15) is 6.04 Å². The molecule has 0 aromatic heterocycles. The number of rotatable bonds is 6. The molecule has 2 amide bonds. The van der Waals surface area contributed by atoms with E-state index in [1.54, 1.807) is 38.4 Å². The van der Waals surface area contributed by atoms with Crippen LogP contribution in [0.25, 0.3) is 0 Å². The average molecular weight is 265 g/mol. The minimum absolute atomic E-state index is 0.201. The van der Waals surface area contributed by atoms with Crippen LogP contribution in [-0.2, 0) is 4.79 Å². The zero-order chi connectivity index (χ0) is 14.3. The van der Waals surface area contributed by atoms with Crippen molar-refractivity contribution in [3.63, 3.8) is 0 Å². The van der Waals surface area contributed by atoms with E-state index < -0.39 is 12.0 Å². The highest BCUT2D eigenvalue weighted by molar-refractivity contribution is 5.75. The van der Waals surface area contributed by atoms with Crippen LogP contribution in [0.3, 0.4) is 0 Å². The molecular weight excluding hydrogens is 246 g/mol. The summed E-state index contributed by atoms with van der Waals surface area (Å²) in [7, 11) is 3.29. The van der Waals surface area contributed by atoms with Gasteiger partial charge < -0.3 is 15.3 Å². The Morgan fingerprint density at radius 3 is 2.37 bits per heavy atom. The van der Waals surface area contributed by atoms with E-state index in [1.807, 2.05) is 6.07 Å². The SMILES string of the molecule is CN(C)C(=O)NCCNC(C(=O)O)c1ccccc1. The lowest BCUT2D eigenvalue weighted by molar-refractivity contribution is -0.139. The van der Waals surface area contributed by atoms with Gasteiger partial charge in [0.15, 0.2) is 0 Å². The second-order valence-electron chi connectivity index (χ2n) is 4.26. The van der Waals surface area contributed by atoms with Crippen molar-refractivity contribution >= 4 is 12.0 Å². The number of nitrogens with one attached hydrogen (secondary N) is 2. The van der Waals surface area contributed by atoms with E-state index >= 15 is 0 Å². The maximum Gasteiger partial charge on any atom is 0.325 e. The molecule has 0 aliphatic rings. The Labute approximate surface area is 112 Å². The van der Waals surface area contributed by atoms with Crippen LogP contribution in [0, 0.1) is 0 Å². The molecule has 1 atom stereocenters. The molecular formula is C13H19N3O3. The maximum absolute atomic E-state index is 11.3. The first kappa shape index (κ1) is 15.0. The molecule has 1 rings (SSSR count). The molecule has 6 nitrogen and oxygen atoms in total. The van der Waals surface area contributed by atoms with Crippen molar-refractivity contribution in [2.24, 2.45) is 0 Å². The van der Waals surface area contributed by atoms with Crippen molar-refractivity contribution in [2.45, 2.75) is 6.04 Å². The molecule has 0 heterocycles. The summed E-state index contributed by atoms with van der Waals surface area (Å²) in [6.45, 7) is 0.749. The monoisotopic (exact) mass is 265 g/mol. The van der Waals surface area contributed by atoms with E-state index in [4.69, 9.17) is 5.11 Å². The molecule has 1 aromatic rings. The zero-order valence-electron chi connectivity index (χ0n) is 11.1. The van der Waals surface area contributed by atoms with Gasteiger partial charge in [0.25, 0.3) is 0 Å². The number of carbonyl (C=O) groups is 2. The average Bonchev–Trinajstić information content (AvgIpc) is 2.38. The zero-order valence-corrected chi connectivity index (χ0v) is 11.1. The number of carboxylic acids is 1. The Balaban J connectivity index is 2.44. The molecule has 1 unspecified atom stereocenters. The van der Waals surface area contributed by atoms with Gasteiger partial charge in [-0.25, -0.2) is 4.79 Å². The lowest BCUT2D eigenvalue weighted by Gasteiger charge is -2.16. The lowest BCUT2D eigenvalue weighted by atomic mass is 10.1. The van der Waals surface area contributed by atoms with E-state index in [9.17, 15) is 9.59 Å². The fraction of sp³-hybridized carbons (Fsp3) is 0.385. The largest absolute Gasteiger partial charge is 0.480 e. The maximum atomic E-state index is 11.3. The van der Waals surface area contributed by atoms with E-state index in [-0.39, 0.29) is 6.03 Å². The summed E-state index contributed by atoms with van der Waals surface area (Å²) in [5.74, 6) is -0.940. The van der Waals surface area contributed by atoms with Gasteiger partial charge in [0.2, 0.25) is 0 Å². The summed E-state index contributed by atoms with van der Waals surface area (Å²) in [5.41, 5.74) is 0.689. The predicted molar refractivity (Wildman–Crippen MR) is 71.9 cm³/mol. The molecule has 0 aliphatic carbocycles. The van der Waals surface area contributed by atoms with E-state index in [2.05, 4.69) is 10.6 Å². The molecule has 0 saturated heterocycles. The standard InChI is InChI=1S/C13H19N3O3/c1-16(2)13(19)15-9-8-14-11(12(17)18)10-6-4-3-5-7-10/h3-7,11,14H,8-9H2,1-2H3,(H,15,19)(H,17,18).